The maximum Gasteiger partial charge on any atom is 0.252 e. The minimum atomic E-state index is -0.195. The zero-order valence-electron chi connectivity index (χ0n) is 18.1. The van der Waals surface area contributed by atoms with Gasteiger partial charge >= 0.3 is 0 Å². The van der Waals surface area contributed by atoms with Crippen molar-refractivity contribution >= 4 is 49.8 Å². The largest absolute Gasteiger partial charge is 0.380 e. The van der Waals surface area contributed by atoms with Crippen LogP contribution in [-0.4, -0.2) is 29.6 Å². The Morgan fingerprint density at radius 3 is 2.66 bits per heavy atom. The molecule has 4 rings (SSSR count). The molecule has 6 nitrogen and oxygen atoms in total. The van der Waals surface area contributed by atoms with Gasteiger partial charge in [-0.1, -0.05) is 53.8 Å². The molecule has 0 aliphatic heterocycles. The number of amides is 2. The molecule has 1 aromatic heterocycles. The average molecular weight is 448 g/mol. The molecule has 0 atom stereocenters. The van der Waals surface area contributed by atoms with Crippen molar-refractivity contribution in [2.45, 2.75) is 26.8 Å². The predicted octanol–water partition coefficient (Wildman–Crippen LogP) is 4.52. The fraction of sp³-hybridized carbons (Fsp3) is 0.240. The smallest absolute Gasteiger partial charge is 0.252 e. The lowest BCUT2D eigenvalue weighted by molar-refractivity contribution is -0.117. The number of benzene rings is 3. The van der Waals surface area contributed by atoms with Gasteiger partial charge in [-0.2, -0.15) is 4.99 Å². The summed E-state index contributed by atoms with van der Waals surface area (Å²) in [5.41, 5.74) is 2.62. The highest BCUT2D eigenvalue weighted by molar-refractivity contribution is 7.16. The topological polar surface area (TPSA) is 72.7 Å². The molecule has 3 aromatic carbocycles. The van der Waals surface area contributed by atoms with E-state index in [1.165, 1.54) is 18.3 Å². The van der Waals surface area contributed by atoms with Gasteiger partial charge in [0.05, 0.1) is 23.2 Å². The molecule has 1 heterocycles. The number of nitrogens with one attached hydrogen (secondary N) is 1. The van der Waals surface area contributed by atoms with Crippen molar-refractivity contribution in [3.8, 4) is 0 Å². The van der Waals surface area contributed by atoms with E-state index in [9.17, 15) is 9.59 Å². The van der Waals surface area contributed by atoms with E-state index in [4.69, 9.17) is 4.74 Å². The van der Waals surface area contributed by atoms with E-state index in [1.54, 1.807) is 0 Å². The molecule has 0 fully saturated rings. The molecule has 0 unspecified atom stereocenters. The van der Waals surface area contributed by atoms with Crippen molar-refractivity contribution in [3.05, 3.63) is 71.0 Å². The third kappa shape index (κ3) is 5.12. The van der Waals surface area contributed by atoms with Crippen LogP contribution in [0.25, 0.3) is 21.0 Å². The van der Waals surface area contributed by atoms with Gasteiger partial charge in [0.2, 0.25) is 5.91 Å². The van der Waals surface area contributed by atoms with E-state index in [1.807, 2.05) is 66.1 Å². The van der Waals surface area contributed by atoms with Gasteiger partial charge in [0.1, 0.15) is 0 Å². The maximum atomic E-state index is 12.8. The average Bonchev–Trinajstić information content (AvgIpc) is 3.09. The Hall–Kier alpha value is -3.29. The summed E-state index contributed by atoms with van der Waals surface area (Å²) in [6, 6.07) is 19.8. The lowest BCUT2D eigenvalue weighted by Crippen LogP contribution is -2.20. The lowest BCUT2D eigenvalue weighted by atomic mass is 10.1. The van der Waals surface area contributed by atoms with Crippen LogP contribution in [0.4, 0.5) is 5.69 Å². The van der Waals surface area contributed by atoms with Crippen LogP contribution < -0.4 is 10.1 Å². The zero-order chi connectivity index (χ0) is 22.5. The van der Waals surface area contributed by atoms with Crippen molar-refractivity contribution in [2.75, 3.05) is 18.5 Å². The van der Waals surface area contributed by atoms with E-state index in [0.717, 1.165) is 32.2 Å². The van der Waals surface area contributed by atoms with Crippen LogP contribution in [0.1, 0.15) is 19.4 Å². The molecule has 164 valence electrons. The molecule has 0 bridgehead atoms. The summed E-state index contributed by atoms with van der Waals surface area (Å²) >= 11 is 1.43. The molecule has 7 heteroatoms. The summed E-state index contributed by atoms with van der Waals surface area (Å²) in [5, 5.41) is 5.06. The number of ether oxygens (including phenoxy) is 1. The summed E-state index contributed by atoms with van der Waals surface area (Å²) in [7, 11) is 0. The van der Waals surface area contributed by atoms with Gasteiger partial charge in [-0.15, -0.1) is 0 Å². The first-order valence-corrected chi connectivity index (χ1v) is 11.4. The number of rotatable bonds is 7. The predicted molar refractivity (Wildman–Crippen MR) is 129 cm³/mol. The van der Waals surface area contributed by atoms with Crippen LogP contribution in [0.3, 0.4) is 0 Å². The Labute approximate surface area is 190 Å². The molecular formula is C25H25N3O3S. The molecule has 32 heavy (non-hydrogen) atoms. The standard InChI is InChI=1S/C25H25N3O3S/c1-3-31-13-12-28-22-11-10-21(26-17(2)29)16-23(22)32-25(28)27-24(30)15-18-8-9-19-6-4-5-7-20(19)14-18/h4-11,14,16H,3,12-13,15H2,1-2H3,(H,26,29). The molecule has 0 saturated carbocycles. The first-order valence-electron chi connectivity index (χ1n) is 10.6. The number of carbonyl (C=O) groups excluding carboxylic acids is 2. The first-order chi connectivity index (χ1) is 15.5. The molecule has 0 spiro atoms. The van der Waals surface area contributed by atoms with Gasteiger partial charge in [-0.3, -0.25) is 9.59 Å². The minimum Gasteiger partial charge on any atom is -0.380 e. The van der Waals surface area contributed by atoms with Crippen molar-refractivity contribution in [1.82, 2.24) is 4.57 Å². The fourth-order valence-corrected chi connectivity index (χ4v) is 4.74. The summed E-state index contributed by atoms with van der Waals surface area (Å²) in [5.74, 6) is -0.320. The summed E-state index contributed by atoms with van der Waals surface area (Å²) in [4.78, 5) is 29.3. The van der Waals surface area contributed by atoms with Crippen LogP contribution in [0.5, 0.6) is 0 Å². The molecular weight excluding hydrogens is 422 g/mol. The van der Waals surface area contributed by atoms with Crippen molar-refractivity contribution in [3.63, 3.8) is 0 Å². The molecule has 2 amide bonds. The van der Waals surface area contributed by atoms with Crippen LogP contribution in [-0.2, 0) is 27.3 Å². The number of aromatic nitrogens is 1. The van der Waals surface area contributed by atoms with Crippen LogP contribution in [0.15, 0.2) is 65.7 Å². The third-order valence-corrected chi connectivity index (χ3v) is 6.10. The summed E-state index contributed by atoms with van der Waals surface area (Å²) in [6.45, 7) is 5.18. The number of carbonyl (C=O) groups is 2. The van der Waals surface area contributed by atoms with Gasteiger partial charge < -0.3 is 14.6 Å². The quantitative estimate of drug-likeness (QED) is 0.423. The minimum absolute atomic E-state index is 0.124. The van der Waals surface area contributed by atoms with E-state index < -0.39 is 0 Å². The number of thiazole rings is 1. The van der Waals surface area contributed by atoms with E-state index >= 15 is 0 Å². The Bertz CT molecular complexity index is 1350. The van der Waals surface area contributed by atoms with E-state index in [2.05, 4.69) is 16.4 Å². The zero-order valence-corrected chi connectivity index (χ0v) is 18.9. The summed E-state index contributed by atoms with van der Waals surface area (Å²) < 4.78 is 8.48. The number of nitrogens with zero attached hydrogens (tertiary/aromatic N) is 2. The monoisotopic (exact) mass is 447 g/mol. The highest BCUT2D eigenvalue weighted by atomic mass is 32.1. The molecule has 1 N–H and O–H groups in total. The number of fused-ring (bicyclic) bond motifs is 2. The Kier molecular flexibility index (Phi) is 6.78. The Morgan fingerprint density at radius 1 is 1.06 bits per heavy atom. The molecule has 0 saturated heterocycles. The highest BCUT2D eigenvalue weighted by Crippen LogP contribution is 2.22. The normalized spacial score (nSPS) is 11.9. The van der Waals surface area contributed by atoms with Crippen molar-refractivity contribution in [2.24, 2.45) is 4.99 Å². The second-order valence-corrected chi connectivity index (χ2v) is 8.47. The number of hydrogen-bond donors (Lipinski definition) is 1. The second kappa shape index (κ2) is 9.89. The Morgan fingerprint density at radius 2 is 1.88 bits per heavy atom. The van der Waals surface area contributed by atoms with Crippen molar-refractivity contribution in [1.29, 1.82) is 0 Å². The molecule has 4 aromatic rings. The van der Waals surface area contributed by atoms with E-state index in [-0.39, 0.29) is 18.2 Å². The lowest BCUT2D eigenvalue weighted by Gasteiger charge is -2.06. The summed E-state index contributed by atoms with van der Waals surface area (Å²) in [6.07, 6.45) is 0.238. The van der Waals surface area contributed by atoms with Gasteiger partial charge in [0.15, 0.2) is 4.80 Å². The second-order valence-electron chi connectivity index (χ2n) is 7.46. The molecule has 0 aliphatic rings. The number of anilines is 1. The maximum absolute atomic E-state index is 12.8. The van der Waals surface area contributed by atoms with Gasteiger partial charge in [0, 0.05) is 25.8 Å². The van der Waals surface area contributed by atoms with Gasteiger partial charge in [-0.25, -0.2) is 0 Å². The molecule has 0 aliphatic carbocycles. The fourth-order valence-electron chi connectivity index (χ4n) is 3.63. The van der Waals surface area contributed by atoms with Crippen LogP contribution in [0.2, 0.25) is 0 Å². The third-order valence-electron chi connectivity index (χ3n) is 5.06. The van der Waals surface area contributed by atoms with Crippen LogP contribution >= 0.6 is 11.3 Å². The molecule has 0 radical (unpaired) electrons. The highest BCUT2D eigenvalue weighted by Gasteiger charge is 2.10. The van der Waals surface area contributed by atoms with Crippen molar-refractivity contribution < 1.29 is 14.3 Å². The SMILES string of the molecule is CCOCCn1c(=NC(=O)Cc2ccc3ccccc3c2)sc2cc(NC(C)=O)ccc21. The van der Waals surface area contributed by atoms with Gasteiger partial charge in [-0.05, 0) is 41.5 Å². The first kappa shape index (κ1) is 21.9. The van der Waals surface area contributed by atoms with Crippen LogP contribution in [0, 0.1) is 0 Å². The van der Waals surface area contributed by atoms with Gasteiger partial charge in [0.25, 0.3) is 5.91 Å². The van der Waals surface area contributed by atoms with E-state index in [0.29, 0.717) is 24.6 Å². The number of hydrogen-bond acceptors (Lipinski definition) is 4. The Balaban J connectivity index is 1.66.